The van der Waals surface area contributed by atoms with E-state index in [1.807, 2.05) is 30.3 Å². The van der Waals surface area contributed by atoms with E-state index in [1.54, 1.807) is 0 Å². The number of carbonyl (C=O) groups is 1. The van der Waals surface area contributed by atoms with Crippen LogP contribution in [0.2, 0.25) is 0 Å². The summed E-state index contributed by atoms with van der Waals surface area (Å²) in [4.78, 5) is 10.9. The second-order valence-corrected chi connectivity index (χ2v) is 4.60. The first-order chi connectivity index (χ1) is 8.66. The van der Waals surface area contributed by atoms with E-state index in [0.717, 1.165) is 5.69 Å². The lowest BCUT2D eigenvalue weighted by molar-refractivity contribution is -0.114. The zero-order valence-corrected chi connectivity index (χ0v) is 10.6. The summed E-state index contributed by atoms with van der Waals surface area (Å²) < 4.78 is 1.33. The van der Waals surface area contributed by atoms with Crippen LogP contribution >= 0.6 is 11.8 Å². The number of hydrogen-bond acceptors (Lipinski definition) is 6. The van der Waals surface area contributed by atoms with Gasteiger partial charge >= 0.3 is 0 Å². The molecule has 0 radical (unpaired) electrons. The van der Waals surface area contributed by atoms with Crippen LogP contribution in [0, 0.1) is 0 Å². The lowest BCUT2D eigenvalue weighted by Gasteiger charge is -2.05. The number of nitrogens with zero attached hydrogens (tertiary/aromatic N) is 3. The number of nitrogen functional groups attached to an aromatic ring is 1. The Kier molecular flexibility index (Phi) is 3.83. The van der Waals surface area contributed by atoms with E-state index in [9.17, 15) is 4.79 Å². The largest absolute Gasteiger partial charge is 0.334 e. The van der Waals surface area contributed by atoms with Crippen molar-refractivity contribution < 1.29 is 4.79 Å². The Morgan fingerprint density at radius 3 is 2.78 bits per heavy atom. The van der Waals surface area contributed by atoms with E-state index in [0.29, 0.717) is 16.9 Å². The number of aromatic nitrogens is 3. The summed E-state index contributed by atoms with van der Waals surface area (Å²) in [6, 6.07) is 9.54. The second-order valence-electron chi connectivity index (χ2n) is 3.66. The van der Waals surface area contributed by atoms with E-state index in [1.165, 1.54) is 23.4 Å². The van der Waals surface area contributed by atoms with Gasteiger partial charge in [-0.3, -0.25) is 4.79 Å². The van der Waals surface area contributed by atoms with Crippen LogP contribution in [0.4, 0.5) is 11.6 Å². The van der Waals surface area contributed by atoms with Gasteiger partial charge in [0.05, 0.1) is 5.75 Å². The molecule has 0 unspecified atom stereocenters. The van der Waals surface area contributed by atoms with Crippen LogP contribution in [0.3, 0.4) is 0 Å². The van der Waals surface area contributed by atoms with E-state index >= 15 is 0 Å². The summed E-state index contributed by atoms with van der Waals surface area (Å²) in [5.41, 5.74) is 0.875. The van der Waals surface area contributed by atoms with Crippen LogP contribution < -0.4 is 11.2 Å². The molecule has 0 amide bonds. The molecule has 7 heteroatoms. The molecule has 1 heterocycles. The normalized spacial score (nSPS) is 10.3. The van der Waals surface area contributed by atoms with Crippen molar-refractivity contribution in [1.82, 2.24) is 14.9 Å². The lowest BCUT2D eigenvalue weighted by Crippen LogP contribution is -2.13. The number of nitrogens with two attached hydrogens (primary N) is 1. The average molecular weight is 263 g/mol. The minimum atomic E-state index is 0.0700. The van der Waals surface area contributed by atoms with Gasteiger partial charge in [-0.15, -0.1) is 10.2 Å². The number of nitrogens with one attached hydrogen (secondary N) is 1. The molecule has 0 saturated heterocycles. The average Bonchev–Trinajstić information content (AvgIpc) is 2.70. The van der Waals surface area contributed by atoms with Crippen LogP contribution in [-0.2, 0) is 4.79 Å². The maximum atomic E-state index is 10.9. The highest BCUT2D eigenvalue weighted by Gasteiger charge is 2.10. The van der Waals surface area contributed by atoms with Crippen molar-refractivity contribution in [3.8, 4) is 0 Å². The number of anilines is 2. The van der Waals surface area contributed by atoms with Crippen molar-refractivity contribution in [3.05, 3.63) is 30.3 Å². The van der Waals surface area contributed by atoms with Gasteiger partial charge in [-0.2, -0.15) is 0 Å². The third kappa shape index (κ3) is 3.01. The van der Waals surface area contributed by atoms with Gasteiger partial charge < -0.3 is 11.2 Å². The number of para-hydroxylation sites is 1. The first-order valence-corrected chi connectivity index (χ1v) is 6.30. The highest BCUT2D eigenvalue weighted by molar-refractivity contribution is 7.99. The van der Waals surface area contributed by atoms with Crippen LogP contribution in [0.5, 0.6) is 0 Å². The molecule has 0 saturated carbocycles. The molecule has 0 spiro atoms. The fraction of sp³-hybridized carbons (Fsp3) is 0.182. The lowest BCUT2D eigenvalue weighted by atomic mass is 10.3. The van der Waals surface area contributed by atoms with Gasteiger partial charge in [0.15, 0.2) is 0 Å². The number of carbonyl (C=O) groups excluding carboxylic acids is 1. The summed E-state index contributed by atoms with van der Waals surface area (Å²) in [7, 11) is 0. The number of rotatable bonds is 5. The fourth-order valence-electron chi connectivity index (χ4n) is 1.28. The standard InChI is InChI=1S/C11H13N5OS/c1-8(17)7-18-11-15-14-10(16(11)12)13-9-5-3-2-4-6-9/h2-6H,7,12H2,1H3,(H,13,14). The Bertz CT molecular complexity index is 540. The molecule has 2 aromatic rings. The molecular formula is C11H13N5OS. The summed E-state index contributed by atoms with van der Waals surface area (Å²) in [5, 5.41) is 11.4. The van der Waals surface area contributed by atoms with E-state index in [4.69, 9.17) is 5.84 Å². The summed E-state index contributed by atoms with van der Waals surface area (Å²) in [6.07, 6.45) is 0. The molecule has 2 rings (SSSR count). The number of thioether (sulfide) groups is 1. The molecule has 0 aliphatic carbocycles. The van der Waals surface area contributed by atoms with E-state index in [-0.39, 0.29) is 5.78 Å². The first kappa shape index (κ1) is 12.4. The zero-order chi connectivity index (χ0) is 13.0. The van der Waals surface area contributed by atoms with Crippen molar-refractivity contribution in [1.29, 1.82) is 0 Å². The molecule has 0 bridgehead atoms. The van der Waals surface area contributed by atoms with Gasteiger partial charge in [-0.05, 0) is 19.1 Å². The smallest absolute Gasteiger partial charge is 0.248 e. The highest BCUT2D eigenvalue weighted by atomic mass is 32.2. The Morgan fingerprint density at radius 1 is 1.39 bits per heavy atom. The monoisotopic (exact) mass is 263 g/mol. The van der Waals surface area contributed by atoms with E-state index < -0.39 is 0 Å². The predicted molar refractivity (Wildman–Crippen MR) is 71.3 cm³/mol. The van der Waals surface area contributed by atoms with E-state index in [2.05, 4.69) is 15.5 Å². The van der Waals surface area contributed by atoms with Crippen molar-refractivity contribution in [2.24, 2.45) is 0 Å². The van der Waals surface area contributed by atoms with Crippen LogP contribution in [0.15, 0.2) is 35.5 Å². The molecule has 0 aliphatic rings. The van der Waals surface area contributed by atoms with Gasteiger partial charge in [0.2, 0.25) is 11.1 Å². The van der Waals surface area contributed by atoms with Crippen molar-refractivity contribution in [3.63, 3.8) is 0 Å². The van der Waals surface area contributed by atoms with Crippen LogP contribution in [-0.4, -0.2) is 26.4 Å². The maximum Gasteiger partial charge on any atom is 0.248 e. The first-order valence-electron chi connectivity index (χ1n) is 5.31. The molecule has 94 valence electrons. The van der Waals surface area contributed by atoms with Gasteiger partial charge in [-0.1, -0.05) is 30.0 Å². The van der Waals surface area contributed by atoms with Crippen molar-refractivity contribution in [2.45, 2.75) is 12.1 Å². The summed E-state index contributed by atoms with van der Waals surface area (Å²) in [6.45, 7) is 1.52. The van der Waals surface area contributed by atoms with Crippen LogP contribution in [0.25, 0.3) is 0 Å². The second kappa shape index (κ2) is 5.54. The molecule has 3 N–H and O–H groups in total. The number of Topliss-reactive ketones (excluding diaryl/α,β-unsaturated/α-hetero) is 1. The van der Waals surface area contributed by atoms with Crippen molar-refractivity contribution >= 4 is 29.2 Å². The molecule has 18 heavy (non-hydrogen) atoms. The third-order valence-electron chi connectivity index (χ3n) is 2.10. The molecular weight excluding hydrogens is 250 g/mol. The fourth-order valence-corrected chi connectivity index (χ4v) is 1.93. The summed E-state index contributed by atoms with van der Waals surface area (Å²) in [5.74, 6) is 6.68. The Morgan fingerprint density at radius 2 is 2.11 bits per heavy atom. The third-order valence-corrected chi connectivity index (χ3v) is 3.19. The van der Waals surface area contributed by atoms with Gasteiger partial charge in [-0.25, -0.2) is 4.68 Å². The Balaban J connectivity index is 2.08. The molecule has 0 aliphatic heterocycles. The van der Waals surface area contributed by atoms with Gasteiger partial charge in [0.1, 0.15) is 5.78 Å². The highest BCUT2D eigenvalue weighted by Crippen LogP contribution is 2.19. The summed E-state index contributed by atoms with van der Waals surface area (Å²) >= 11 is 1.26. The number of ketones is 1. The predicted octanol–water partition coefficient (Wildman–Crippen LogP) is 1.42. The topological polar surface area (TPSA) is 85.8 Å². The minimum absolute atomic E-state index is 0.0700. The Labute approximate surface area is 109 Å². The SMILES string of the molecule is CC(=O)CSc1nnc(Nc2ccccc2)n1N. The van der Waals surface area contributed by atoms with Gasteiger partial charge in [0.25, 0.3) is 0 Å². The number of hydrogen-bond donors (Lipinski definition) is 2. The molecule has 0 atom stereocenters. The van der Waals surface area contributed by atoms with Crippen LogP contribution in [0.1, 0.15) is 6.92 Å². The number of benzene rings is 1. The molecule has 1 aromatic heterocycles. The Hall–Kier alpha value is -2.02. The quantitative estimate of drug-likeness (QED) is 0.626. The molecule has 0 fully saturated rings. The van der Waals surface area contributed by atoms with Gasteiger partial charge in [0, 0.05) is 5.69 Å². The zero-order valence-electron chi connectivity index (χ0n) is 9.83. The minimum Gasteiger partial charge on any atom is -0.334 e. The molecule has 1 aromatic carbocycles. The molecule has 6 nitrogen and oxygen atoms in total. The van der Waals surface area contributed by atoms with Crippen molar-refractivity contribution in [2.75, 3.05) is 16.9 Å². The maximum absolute atomic E-state index is 10.9.